The molecule has 0 radical (unpaired) electrons. The molecule has 0 bridgehead atoms. The normalized spacial score (nSPS) is 13.9. The molecule has 3 rings (SSSR count). The van der Waals surface area contributed by atoms with Gasteiger partial charge in [0, 0.05) is 49.4 Å². The summed E-state index contributed by atoms with van der Waals surface area (Å²) in [6.07, 6.45) is 1.58. The highest BCUT2D eigenvalue weighted by atomic mass is 127. The Morgan fingerprint density at radius 1 is 1.14 bits per heavy atom. The number of rotatable bonds is 7. The molecule has 0 aromatic heterocycles. The molecule has 5 nitrogen and oxygen atoms in total. The van der Waals surface area contributed by atoms with Crippen molar-refractivity contribution in [2.45, 2.75) is 24.3 Å². The number of hydrogen-bond acceptors (Lipinski definition) is 3. The molecule has 0 saturated carbocycles. The summed E-state index contributed by atoms with van der Waals surface area (Å²) >= 11 is 1.67. The Hall–Kier alpha value is -1.81. The van der Waals surface area contributed by atoms with Gasteiger partial charge in [-0.05, 0) is 48.4 Å². The summed E-state index contributed by atoms with van der Waals surface area (Å²) in [6.45, 7) is 2.21. The number of nitrogens with zero attached hydrogens (tertiary/aromatic N) is 2. The lowest BCUT2D eigenvalue weighted by molar-refractivity contribution is -0.117. The zero-order valence-corrected chi connectivity index (χ0v) is 19.5. The minimum Gasteiger partial charge on any atom is -0.356 e. The third-order valence-corrected chi connectivity index (χ3v) is 5.50. The first-order valence-electron chi connectivity index (χ1n) is 9.38. The molecular formula is C21H26FIN4OS. The lowest BCUT2D eigenvalue weighted by atomic mass is 10.2. The van der Waals surface area contributed by atoms with Crippen LogP contribution in [0.25, 0.3) is 0 Å². The number of carbonyl (C=O) groups is 1. The molecule has 1 aliphatic heterocycles. The van der Waals surface area contributed by atoms with E-state index >= 15 is 0 Å². The number of guanidine groups is 1. The van der Waals surface area contributed by atoms with Gasteiger partial charge in [-0.3, -0.25) is 9.79 Å². The second-order valence-corrected chi connectivity index (χ2v) is 7.64. The van der Waals surface area contributed by atoms with E-state index in [9.17, 15) is 9.18 Å². The second-order valence-electron chi connectivity index (χ2n) is 6.47. The predicted octanol–water partition coefficient (Wildman–Crippen LogP) is 4.03. The molecule has 8 heteroatoms. The SMILES string of the molecule is CN=C(NCCSc1ccc(F)cc1)NCc1ccc(N2CCCC2=O)cc1.I. The molecule has 1 aliphatic rings. The lowest BCUT2D eigenvalue weighted by Crippen LogP contribution is -2.37. The smallest absolute Gasteiger partial charge is 0.227 e. The van der Waals surface area contributed by atoms with Crippen LogP contribution < -0.4 is 15.5 Å². The van der Waals surface area contributed by atoms with Gasteiger partial charge in [0.2, 0.25) is 5.91 Å². The zero-order valence-electron chi connectivity index (χ0n) is 16.4. The van der Waals surface area contributed by atoms with Crippen molar-refractivity contribution in [3.8, 4) is 0 Å². The summed E-state index contributed by atoms with van der Waals surface area (Å²) in [7, 11) is 1.74. The Bertz CT molecular complexity index is 814. The highest BCUT2D eigenvalue weighted by Gasteiger charge is 2.21. The number of thioether (sulfide) groups is 1. The van der Waals surface area contributed by atoms with E-state index in [0.717, 1.165) is 47.4 Å². The number of carbonyl (C=O) groups excluding carboxylic acids is 1. The Labute approximate surface area is 192 Å². The van der Waals surface area contributed by atoms with Gasteiger partial charge in [-0.1, -0.05) is 12.1 Å². The second kappa shape index (κ2) is 12.0. The fourth-order valence-corrected chi connectivity index (χ4v) is 3.76. The molecule has 156 valence electrons. The summed E-state index contributed by atoms with van der Waals surface area (Å²) in [5.74, 6) is 1.57. The molecule has 2 aromatic rings. The fraction of sp³-hybridized carbons (Fsp3) is 0.333. The molecule has 0 atom stereocenters. The summed E-state index contributed by atoms with van der Waals surface area (Å²) in [5, 5.41) is 6.56. The van der Waals surface area contributed by atoms with Crippen LogP contribution in [0.4, 0.5) is 10.1 Å². The van der Waals surface area contributed by atoms with Crippen LogP contribution in [0.1, 0.15) is 18.4 Å². The first-order chi connectivity index (χ1) is 13.7. The van der Waals surface area contributed by atoms with E-state index in [4.69, 9.17) is 0 Å². The zero-order chi connectivity index (χ0) is 19.8. The summed E-state index contributed by atoms with van der Waals surface area (Å²) in [5.41, 5.74) is 2.09. The summed E-state index contributed by atoms with van der Waals surface area (Å²) < 4.78 is 12.9. The van der Waals surface area contributed by atoms with Crippen LogP contribution in [0.3, 0.4) is 0 Å². The molecule has 1 amide bonds. The van der Waals surface area contributed by atoms with Gasteiger partial charge in [-0.25, -0.2) is 4.39 Å². The molecule has 2 aromatic carbocycles. The highest BCUT2D eigenvalue weighted by Crippen LogP contribution is 2.21. The number of hydrogen-bond donors (Lipinski definition) is 2. The van der Waals surface area contributed by atoms with Crippen molar-refractivity contribution in [1.29, 1.82) is 0 Å². The molecule has 0 unspecified atom stereocenters. The Balaban J connectivity index is 0.00000300. The number of nitrogens with one attached hydrogen (secondary N) is 2. The van der Waals surface area contributed by atoms with E-state index in [1.807, 2.05) is 29.2 Å². The van der Waals surface area contributed by atoms with E-state index in [2.05, 4.69) is 15.6 Å². The maximum Gasteiger partial charge on any atom is 0.227 e. The third-order valence-electron chi connectivity index (χ3n) is 4.48. The molecule has 1 heterocycles. The Morgan fingerprint density at radius 2 is 1.86 bits per heavy atom. The van der Waals surface area contributed by atoms with Gasteiger partial charge in [0.05, 0.1) is 0 Å². The largest absolute Gasteiger partial charge is 0.356 e. The van der Waals surface area contributed by atoms with Crippen molar-refractivity contribution in [1.82, 2.24) is 10.6 Å². The molecule has 2 N–H and O–H groups in total. The molecule has 1 fully saturated rings. The third kappa shape index (κ3) is 7.18. The first-order valence-corrected chi connectivity index (χ1v) is 10.4. The Kier molecular flexibility index (Phi) is 9.72. The van der Waals surface area contributed by atoms with Crippen molar-refractivity contribution in [2.75, 3.05) is 30.8 Å². The van der Waals surface area contributed by atoms with Gasteiger partial charge >= 0.3 is 0 Å². The van der Waals surface area contributed by atoms with E-state index in [-0.39, 0.29) is 35.7 Å². The van der Waals surface area contributed by atoms with Crippen LogP contribution in [0.5, 0.6) is 0 Å². The number of amides is 1. The molecule has 29 heavy (non-hydrogen) atoms. The lowest BCUT2D eigenvalue weighted by Gasteiger charge is -2.16. The van der Waals surface area contributed by atoms with Gasteiger partial charge in [0.25, 0.3) is 0 Å². The van der Waals surface area contributed by atoms with Crippen LogP contribution >= 0.6 is 35.7 Å². The van der Waals surface area contributed by atoms with Crippen molar-refractivity contribution >= 4 is 53.3 Å². The van der Waals surface area contributed by atoms with E-state index in [1.54, 1.807) is 30.9 Å². The van der Waals surface area contributed by atoms with Gasteiger partial charge < -0.3 is 15.5 Å². The van der Waals surface area contributed by atoms with Crippen molar-refractivity contribution in [2.24, 2.45) is 4.99 Å². The molecular weight excluding hydrogens is 502 g/mol. The fourth-order valence-electron chi connectivity index (χ4n) is 2.99. The van der Waals surface area contributed by atoms with Gasteiger partial charge in [0.15, 0.2) is 5.96 Å². The van der Waals surface area contributed by atoms with Crippen LogP contribution in [0, 0.1) is 5.82 Å². The van der Waals surface area contributed by atoms with Gasteiger partial charge in [0.1, 0.15) is 5.82 Å². The predicted molar refractivity (Wildman–Crippen MR) is 129 cm³/mol. The Morgan fingerprint density at radius 3 is 2.48 bits per heavy atom. The number of benzene rings is 2. The first kappa shape index (κ1) is 23.5. The quantitative estimate of drug-likeness (QED) is 0.188. The van der Waals surface area contributed by atoms with E-state index in [0.29, 0.717) is 13.0 Å². The van der Waals surface area contributed by atoms with E-state index in [1.165, 1.54) is 12.1 Å². The molecule has 1 saturated heterocycles. The van der Waals surface area contributed by atoms with Gasteiger partial charge in [-0.2, -0.15) is 0 Å². The monoisotopic (exact) mass is 528 g/mol. The van der Waals surface area contributed by atoms with Crippen LogP contribution in [-0.2, 0) is 11.3 Å². The molecule has 0 aliphatic carbocycles. The maximum absolute atomic E-state index is 12.9. The van der Waals surface area contributed by atoms with Crippen molar-refractivity contribution < 1.29 is 9.18 Å². The number of halogens is 2. The maximum atomic E-state index is 12.9. The topological polar surface area (TPSA) is 56.7 Å². The summed E-state index contributed by atoms with van der Waals surface area (Å²) in [4.78, 5) is 18.9. The van der Waals surface area contributed by atoms with Gasteiger partial charge in [-0.15, -0.1) is 35.7 Å². The average molecular weight is 528 g/mol. The van der Waals surface area contributed by atoms with Crippen molar-refractivity contribution in [3.05, 3.63) is 59.9 Å². The standard InChI is InChI=1S/C21H25FN4OS.HI/c1-23-21(24-12-14-28-19-10-6-17(22)7-11-19)25-15-16-4-8-18(9-5-16)26-13-2-3-20(26)27;/h4-11H,2-3,12-15H2,1H3,(H2,23,24,25);1H. The number of aliphatic imine (C=N–C) groups is 1. The minimum atomic E-state index is -0.216. The number of anilines is 1. The average Bonchev–Trinajstić information content (AvgIpc) is 3.15. The van der Waals surface area contributed by atoms with E-state index < -0.39 is 0 Å². The van der Waals surface area contributed by atoms with Crippen LogP contribution in [0.2, 0.25) is 0 Å². The highest BCUT2D eigenvalue weighted by molar-refractivity contribution is 14.0. The van der Waals surface area contributed by atoms with Crippen LogP contribution in [0.15, 0.2) is 58.4 Å². The van der Waals surface area contributed by atoms with Crippen LogP contribution in [-0.4, -0.2) is 37.8 Å². The molecule has 0 spiro atoms. The van der Waals surface area contributed by atoms with Crippen molar-refractivity contribution in [3.63, 3.8) is 0 Å². The summed E-state index contributed by atoms with van der Waals surface area (Å²) in [6, 6.07) is 14.6. The minimum absolute atomic E-state index is 0.